The van der Waals surface area contributed by atoms with Crippen molar-refractivity contribution in [3.05, 3.63) is 0 Å². The molecule has 8 nitrogen and oxygen atoms in total. The Morgan fingerprint density at radius 3 is 2.43 bits per heavy atom. The highest BCUT2D eigenvalue weighted by atomic mass is 32.2. The Morgan fingerprint density at radius 2 is 1.95 bits per heavy atom. The number of carbonyl (C=O) groups is 2. The molecule has 1 atom stereocenters. The third kappa shape index (κ3) is 7.39. The van der Waals surface area contributed by atoms with Crippen molar-refractivity contribution in [2.45, 2.75) is 38.8 Å². The van der Waals surface area contributed by atoms with E-state index in [4.69, 9.17) is 9.84 Å². The summed E-state index contributed by atoms with van der Waals surface area (Å²) in [7, 11) is -3.62. The van der Waals surface area contributed by atoms with Crippen molar-refractivity contribution in [3.63, 3.8) is 0 Å². The van der Waals surface area contributed by atoms with Gasteiger partial charge in [-0.15, -0.1) is 0 Å². The summed E-state index contributed by atoms with van der Waals surface area (Å²) in [5.74, 6) is -2.05. The number of nitrogens with one attached hydrogen (secondary N) is 2. The Labute approximate surface area is 124 Å². The molecule has 0 aliphatic heterocycles. The lowest BCUT2D eigenvalue weighted by Crippen LogP contribution is -2.47. The van der Waals surface area contributed by atoms with Crippen LogP contribution in [-0.4, -0.2) is 56.5 Å². The molecular weight excluding hydrogens is 300 g/mol. The Bertz CT molecular complexity index is 472. The summed E-state index contributed by atoms with van der Waals surface area (Å²) in [5, 5.41) is 11.3. The summed E-state index contributed by atoms with van der Waals surface area (Å²) in [6.45, 7) is 3.14. The number of sulfonamides is 1. The smallest absolute Gasteiger partial charge is 0.326 e. The topological polar surface area (TPSA) is 122 Å². The van der Waals surface area contributed by atoms with Gasteiger partial charge in [-0.25, -0.2) is 17.9 Å². The van der Waals surface area contributed by atoms with Gasteiger partial charge in [0, 0.05) is 0 Å². The van der Waals surface area contributed by atoms with Gasteiger partial charge in [0.2, 0.25) is 15.9 Å². The molecule has 1 amide bonds. The lowest BCUT2D eigenvalue weighted by molar-refractivity contribution is -0.142. The van der Waals surface area contributed by atoms with Crippen LogP contribution in [0.25, 0.3) is 0 Å². The van der Waals surface area contributed by atoms with Crippen molar-refractivity contribution in [1.29, 1.82) is 0 Å². The highest BCUT2D eigenvalue weighted by Crippen LogP contribution is 2.32. The molecule has 0 heterocycles. The number of aliphatic carboxylic acids is 1. The molecule has 1 aliphatic carbocycles. The maximum absolute atomic E-state index is 11.6. The number of hydrogen-bond acceptors (Lipinski definition) is 5. The summed E-state index contributed by atoms with van der Waals surface area (Å²) in [4.78, 5) is 22.5. The fraction of sp³-hybridized carbons (Fsp3) is 0.833. The van der Waals surface area contributed by atoms with Crippen LogP contribution in [0, 0.1) is 5.92 Å². The monoisotopic (exact) mass is 322 g/mol. The van der Waals surface area contributed by atoms with Crippen LogP contribution in [0.5, 0.6) is 0 Å². The number of carboxylic acids is 1. The van der Waals surface area contributed by atoms with Gasteiger partial charge < -0.3 is 15.2 Å². The zero-order chi connectivity index (χ0) is 16.0. The van der Waals surface area contributed by atoms with E-state index in [0.29, 0.717) is 0 Å². The highest BCUT2D eigenvalue weighted by Gasteiger charge is 2.37. The van der Waals surface area contributed by atoms with Crippen molar-refractivity contribution in [1.82, 2.24) is 10.0 Å². The van der Waals surface area contributed by atoms with Crippen LogP contribution in [0.3, 0.4) is 0 Å². The third-order valence-electron chi connectivity index (χ3n) is 2.93. The molecule has 122 valence electrons. The van der Waals surface area contributed by atoms with Crippen molar-refractivity contribution in [3.8, 4) is 0 Å². The molecule has 1 fully saturated rings. The molecular formula is C12H22N2O6S. The van der Waals surface area contributed by atoms with Crippen LogP contribution in [0.4, 0.5) is 0 Å². The minimum atomic E-state index is -3.62. The second-order valence-corrected chi connectivity index (χ2v) is 7.21. The number of carboxylic acid groups (broad SMARTS) is 1. The van der Waals surface area contributed by atoms with Gasteiger partial charge in [0.25, 0.3) is 0 Å². The summed E-state index contributed by atoms with van der Waals surface area (Å²) in [6, 6.07) is -0.939. The van der Waals surface area contributed by atoms with Crippen LogP contribution in [-0.2, 0) is 24.3 Å². The maximum Gasteiger partial charge on any atom is 0.326 e. The fourth-order valence-corrected chi connectivity index (χ4v) is 2.49. The van der Waals surface area contributed by atoms with Gasteiger partial charge >= 0.3 is 5.97 Å². The van der Waals surface area contributed by atoms with E-state index in [1.807, 2.05) is 0 Å². The zero-order valence-electron chi connectivity index (χ0n) is 12.2. The van der Waals surface area contributed by atoms with Crippen molar-refractivity contribution < 1.29 is 27.9 Å². The van der Waals surface area contributed by atoms with Gasteiger partial charge in [-0.3, -0.25) is 4.79 Å². The number of amides is 1. The average Bonchev–Trinajstić information content (AvgIpc) is 3.16. The second-order valence-electron chi connectivity index (χ2n) is 5.28. The van der Waals surface area contributed by atoms with E-state index in [-0.39, 0.29) is 24.4 Å². The first-order valence-corrected chi connectivity index (χ1v) is 8.47. The quantitative estimate of drug-likeness (QED) is 0.489. The van der Waals surface area contributed by atoms with E-state index in [1.54, 1.807) is 13.8 Å². The van der Waals surface area contributed by atoms with E-state index < -0.39 is 34.5 Å². The Balaban J connectivity index is 2.32. The molecule has 0 spiro atoms. The summed E-state index contributed by atoms with van der Waals surface area (Å²) in [6.07, 6.45) is 1.45. The largest absolute Gasteiger partial charge is 0.480 e. The first-order chi connectivity index (χ1) is 9.71. The van der Waals surface area contributed by atoms with E-state index in [1.165, 1.54) is 0 Å². The van der Waals surface area contributed by atoms with Crippen LogP contribution in [0.2, 0.25) is 0 Å². The SMILES string of the molecule is CC(C)OCCS(=O)(=O)NCC(=O)NC(C(=O)O)C1CC1. The van der Waals surface area contributed by atoms with Gasteiger partial charge in [-0.1, -0.05) is 0 Å². The maximum atomic E-state index is 11.6. The normalized spacial score (nSPS) is 16.7. The fourth-order valence-electron chi connectivity index (χ4n) is 1.68. The molecule has 21 heavy (non-hydrogen) atoms. The van der Waals surface area contributed by atoms with E-state index in [9.17, 15) is 18.0 Å². The Kier molecular flexibility index (Phi) is 6.56. The van der Waals surface area contributed by atoms with Crippen molar-refractivity contribution in [2.75, 3.05) is 18.9 Å². The summed E-state index contributed by atoms with van der Waals surface area (Å²) in [5.41, 5.74) is 0. The molecule has 0 aromatic carbocycles. The lowest BCUT2D eigenvalue weighted by atomic mass is 10.2. The average molecular weight is 322 g/mol. The third-order valence-corrected chi connectivity index (χ3v) is 4.22. The molecule has 9 heteroatoms. The molecule has 0 saturated heterocycles. The predicted octanol–water partition coefficient (Wildman–Crippen LogP) is -0.690. The molecule has 1 unspecified atom stereocenters. The Hall–Kier alpha value is -1.19. The van der Waals surface area contributed by atoms with Crippen LogP contribution in [0.1, 0.15) is 26.7 Å². The first-order valence-electron chi connectivity index (χ1n) is 6.82. The van der Waals surface area contributed by atoms with Crippen LogP contribution in [0.15, 0.2) is 0 Å². The van der Waals surface area contributed by atoms with E-state index in [0.717, 1.165) is 12.8 Å². The molecule has 0 bridgehead atoms. The molecule has 1 rings (SSSR count). The molecule has 0 aromatic heterocycles. The predicted molar refractivity (Wildman–Crippen MR) is 75.2 cm³/mol. The van der Waals surface area contributed by atoms with Crippen molar-refractivity contribution in [2.24, 2.45) is 5.92 Å². The molecule has 1 saturated carbocycles. The van der Waals surface area contributed by atoms with Gasteiger partial charge in [-0.05, 0) is 32.6 Å². The van der Waals surface area contributed by atoms with Crippen LogP contribution >= 0.6 is 0 Å². The highest BCUT2D eigenvalue weighted by molar-refractivity contribution is 7.89. The van der Waals surface area contributed by atoms with Crippen LogP contribution < -0.4 is 10.0 Å². The first kappa shape index (κ1) is 17.9. The molecule has 3 N–H and O–H groups in total. The molecule has 0 radical (unpaired) electrons. The minimum Gasteiger partial charge on any atom is -0.480 e. The number of ether oxygens (including phenoxy) is 1. The van der Waals surface area contributed by atoms with Gasteiger partial charge in [0.05, 0.1) is 25.0 Å². The number of rotatable bonds is 10. The number of carbonyl (C=O) groups excluding carboxylic acids is 1. The standard InChI is InChI=1S/C12H22N2O6S/c1-8(2)20-5-6-21(18,19)13-7-10(15)14-11(12(16)17)9-3-4-9/h8-9,11,13H,3-7H2,1-2H3,(H,14,15)(H,16,17). The van der Waals surface area contributed by atoms with Gasteiger partial charge in [-0.2, -0.15) is 0 Å². The van der Waals surface area contributed by atoms with Gasteiger partial charge in [0.15, 0.2) is 0 Å². The van der Waals surface area contributed by atoms with E-state index in [2.05, 4.69) is 10.0 Å². The van der Waals surface area contributed by atoms with E-state index >= 15 is 0 Å². The minimum absolute atomic E-state index is 0.0362. The lowest BCUT2D eigenvalue weighted by Gasteiger charge is -2.14. The molecule has 1 aliphatic rings. The summed E-state index contributed by atoms with van der Waals surface area (Å²) >= 11 is 0. The molecule has 0 aromatic rings. The zero-order valence-corrected chi connectivity index (χ0v) is 13.0. The van der Waals surface area contributed by atoms with Crippen molar-refractivity contribution >= 4 is 21.9 Å². The second kappa shape index (κ2) is 7.71. The summed E-state index contributed by atoms with van der Waals surface area (Å²) < 4.78 is 30.4. The van der Waals surface area contributed by atoms with Gasteiger partial charge in [0.1, 0.15) is 6.04 Å². The number of hydrogen-bond donors (Lipinski definition) is 3. The Morgan fingerprint density at radius 1 is 1.33 bits per heavy atom.